The molecule has 1 aromatic rings. The second-order valence-electron chi connectivity index (χ2n) is 4.61. The first-order valence-electron chi connectivity index (χ1n) is 5.86. The van der Waals surface area contributed by atoms with Gasteiger partial charge in [-0.05, 0) is 44.0 Å². The number of hydrogen-bond acceptors (Lipinski definition) is 2. The molecule has 0 fully saturated rings. The summed E-state index contributed by atoms with van der Waals surface area (Å²) < 4.78 is 0. The van der Waals surface area contributed by atoms with Gasteiger partial charge in [0.25, 0.3) is 0 Å². The highest BCUT2D eigenvalue weighted by Gasteiger charge is 2.23. The summed E-state index contributed by atoms with van der Waals surface area (Å²) >= 11 is 5.84. The monoisotopic (exact) mass is 270 g/mol. The van der Waals surface area contributed by atoms with Gasteiger partial charge in [0.2, 0.25) is 0 Å². The maximum absolute atomic E-state index is 11.8. The van der Waals surface area contributed by atoms with Crippen LogP contribution in [0.2, 0.25) is 5.02 Å². The highest BCUT2D eigenvalue weighted by atomic mass is 35.5. The molecule has 5 heteroatoms. The zero-order valence-electron chi connectivity index (χ0n) is 10.9. The van der Waals surface area contributed by atoms with E-state index in [1.54, 1.807) is 25.1 Å². The zero-order chi connectivity index (χ0) is 13.8. The standard InChI is InChI=1S/C13H19ClN2O2/c1-4-13(3,8-17)16-12(18)15-11-6-5-10(14)7-9(11)2/h5-7,17H,4,8H2,1-3H3,(H2,15,16,18). The molecule has 0 spiro atoms. The van der Waals surface area contributed by atoms with Crippen LogP contribution in [0.15, 0.2) is 18.2 Å². The van der Waals surface area contributed by atoms with Crippen LogP contribution in [0.1, 0.15) is 25.8 Å². The Balaban J connectivity index is 2.70. The molecular formula is C13H19ClN2O2. The number of rotatable bonds is 4. The Morgan fingerprint density at radius 2 is 2.17 bits per heavy atom. The number of anilines is 1. The van der Waals surface area contributed by atoms with Crippen molar-refractivity contribution in [3.05, 3.63) is 28.8 Å². The number of carbonyl (C=O) groups excluding carboxylic acids is 1. The van der Waals surface area contributed by atoms with Crippen LogP contribution in [-0.2, 0) is 0 Å². The minimum Gasteiger partial charge on any atom is -0.394 e. The molecule has 1 aromatic carbocycles. The number of amides is 2. The average molecular weight is 271 g/mol. The Kier molecular flexibility index (Phi) is 4.99. The van der Waals surface area contributed by atoms with E-state index in [2.05, 4.69) is 10.6 Å². The molecule has 4 nitrogen and oxygen atoms in total. The number of aliphatic hydroxyl groups excluding tert-OH is 1. The molecule has 3 N–H and O–H groups in total. The third kappa shape index (κ3) is 3.89. The number of hydrogen-bond donors (Lipinski definition) is 3. The topological polar surface area (TPSA) is 61.4 Å². The Morgan fingerprint density at radius 3 is 2.67 bits per heavy atom. The van der Waals surface area contributed by atoms with Crippen molar-refractivity contribution >= 4 is 23.3 Å². The van der Waals surface area contributed by atoms with Crippen LogP contribution in [0.3, 0.4) is 0 Å². The fourth-order valence-corrected chi connectivity index (χ4v) is 1.66. The van der Waals surface area contributed by atoms with Crippen LogP contribution >= 0.6 is 11.6 Å². The molecule has 2 amide bonds. The van der Waals surface area contributed by atoms with Crippen molar-refractivity contribution in [3.8, 4) is 0 Å². The van der Waals surface area contributed by atoms with Gasteiger partial charge < -0.3 is 15.7 Å². The van der Waals surface area contributed by atoms with Crippen LogP contribution in [0.4, 0.5) is 10.5 Å². The van der Waals surface area contributed by atoms with Crippen molar-refractivity contribution in [2.45, 2.75) is 32.7 Å². The maximum Gasteiger partial charge on any atom is 0.319 e. The predicted octanol–water partition coefficient (Wildman–Crippen LogP) is 2.93. The van der Waals surface area contributed by atoms with E-state index in [0.717, 1.165) is 5.56 Å². The van der Waals surface area contributed by atoms with E-state index in [1.165, 1.54) is 0 Å². The van der Waals surface area contributed by atoms with Gasteiger partial charge in [0, 0.05) is 10.7 Å². The lowest BCUT2D eigenvalue weighted by Crippen LogP contribution is -2.50. The van der Waals surface area contributed by atoms with Crippen molar-refractivity contribution in [3.63, 3.8) is 0 Å². The van der Waals surface area contributed by atoms with Gasteiger partial charge >= 0.3 is 6.03 Å². The summed E-state index contributed by atoms with van der Waals surface area (Å²) in [5.41, 5.74) is 0.984. The molecule has 0 saturated heterocycles. The fraction of sp³-hybridized carbons (Fsp3) is 0.462. The molecule has 1 atom stereocenters. The third-order valence-electron chi connectivity index (χ3n) is 2.98. The lowest BCUT2D eigenvalue weighted by molar-refractivity contribution is 0.172. The van der Waals surface area contributed by atoms with Crippen molar-refractivity contribution in [2.75, 3.05) is 11.9 Å². The van der Waals surface area contributed by atoms with Gasteiger partial charge in [-0.3, -0.25) is 0 Å². The molecule has 0 saturated carbocycles. The van der Waals surface area contributed by atoms with Crippen LogP contribution in [0, 0.1) is 6.92 Å². The van der Waals surface area contributed by atoms with E-state index >= 15 is 0 Å². The molecule has 0 aromatic heterocycles. The highest BCUT2D eigenvalue weighted by molar-refractivity contribution is 6.30. The highest BCUT2D eigenvalue weighted by Crippen LogP contribution is 2.19. The van der Waals surface area contributed by atoms with Gasteiger partial charge in [0.1, 0.15) is 0 Å². The lowest BCUT2D eigenvalue weighted by atomic mass is 10.0. The Hall–Kier alpha value is -1.26. The predicted molar refractivity (Wildman–Crippen MR) is 74.1 cm³/mol. The molecule has 1 rings (SSSR count). The first-order chi connectivity index (χ1) is 8.40. The number of nitrogens with one attached hydrogen (secondary N) is 2. The summed E-state index contributed by atoms with van der Waals surface area (Å²) in [6, 6.07) is 4.91. The number of halogens is 1. The first-order valence-corrected chi connectivity index (χ1v) is 6.24. The van der Waals surface area contributed by atoms with E-state index in [4.69, 9.17) is 11.6 Å². The molecule has 0 bridgehead atoms. The second-order valence-corrected chi connectivity index (χ2v) is 5.05. The maximum atomic E-state index is 11.8. The largest absolute Gasteiger partial charge is 0.394 e. The molecule has 100 valence electrons. The molecule has 18 heavy (non-hydrogen) atoms. The van der Waals surface area contributed by atoms with Crippen molar-refractivity contribution in [1.82, 2.24) is 5.32 Å². The molecule has 0 aliphatic heterocycles. The minimum atomic E-state index is -0.607. The molecule has 0 radical (unpaired) electrons. The van der Waals surface area contributed by atoms with Crippen molar-refractivity contribution in [2.24, 2.45) is 0 Å². The van der Waals surface area contributed by atoms with E-state index < -0.39 is 5.54 Å². The van der Waals surface area contributed by atoms with Gasteiger partial charge in [-0.2, -0.15) is 0 Å². The van der Waals surface area contributed by atoms with E-state index in [9.17, 15) is 9.90 Å². The molecule has 0 aliphatic rings. The van der Waals surface area contributed by atoms with Crippen LogP contribution in [0.5, 0.6) is 0 Å². The number of benzene rings is 1. The Bertz CT molecular complexity index is 431. The van der Waals surface area contributed by atoms with Gasteiger partial charge in [-0.15, -0.1) is 0 Å². The summed E-state index contributed by atoms with van der Waals surface area (Å²) in [7, 11) is 0. The number of aryl methyl sites for hydroxylation is 1. The summed E-state index contributed by atoms with van der Waals surface area (Å²) in [4.78, 5) is 11.8. The summed E-state index contributed by atoms with van der Waals surface area (Å²) in [6.45, 7) is 5.47. The summed E-state index contributed by atoms with van der Waals surface area (Å²) in [5.74, 6) is 0. The number of urea groups is 1. The van der Waals surface area contributed by atoms with Gasteiger partial charge in [0.05, 0.1) is 12.1 Å². The van der Waals surface area contributed by atoms with E-state index in [-0.39, 0.29) is 12.6 Å². The first kappa shape index (κ1) is 14.8. The van der Waals surface area contributed by atoms with Crippen LogP contribution < -0.4 is 10.6 Å². The number of carbonyl (C=O) groups is 1. The molecular weight excluding hydrogens is 252 g/mol. The minimum absolute atomic E-state index is 0.101. The van der Waals surface area contributed by atoms with E-state index in [1.807, 2.05) is 13.8 Å². The van der Waals surface area contributed by atoms with Gasteiger partial charge in [0.15, 0.2) is 0 Å². The fourth-order valence-electron chi connectivity index (χ4n) is 1.43. The van der Waals surface area contributed by atoms with E-state index in [0.29, 0.717) is 17.1 Å². The SMILES string of the molecule is CCC(C)(CO)NC(=O)Nc1ccc(Cl)cc1C. The quantitative estimate of drug-likeness (QED) is 0.788. The second kappa shape index (κ2) is 6.07. The molecule has 0 aliphatic carbocycles. The Labute approximate surface area is 112 Å². The normalized spacial score (nSPS) is 13.8. The van der Waals surface area contributed by atoms with Crippen LogP contribution in [0.25, 0.3) is 0 Å². The Morgan fingerprint density at radius 1 is 1.50 bits per heavy atom. The van der Waals surface area contributed by atoms with Gasteiger partial charge in [-0.1, -0.05) is 18.5 Å². The summed E-state index contributed by atoms with van der Waals surface area (Å²) in [6.07, 6.45) is 0.649. The molecule has 1 unspecified atom stereocenters. The van der Waals surface area contributed by atoms with Crippen molar-refractivity contribution in [1.29, 1.82) is 0 Å². The summed E-state index contributed by atoms with van der Waals surface area (Å²) in [5, 5.41) is 15.4. The van der Waals surface area contributed by atoms with Crippen LogP contribution in [-0.4, -0.2) is 23.3 Å². The smallest absolute Gasteiger partial charge is 0.319 e. The zero-order valence-corrected chi connectivity index (χ0v) is 11.6. The number of aliphatic hydroxyl groups is 1. The molecule has 0 heterocycles. The van der Waals surface area contributed by atoms with Crippen molar-refractivity contribution < 1.29 is 9.90 Å². The van der Waals surface area contributed by atoms with Gasteiger partial charge in [-0.25, -0.2) is 4.79 Å². The lowest BCUT2D eigenvalue weighted by Gasteiger charge is -2.27. The third-order valence-corrected chi connectivity index (χ3v) is 3.22. The average Bonchev–Trinajstić information content (AvgIpc) is 2.32.